The molecule has 5 nitrogen and oxygen atoms in total. The van der Waals surface area contributed by atoms with Crippen LogP contribution in [0.25, 0.3) is 5.52 Å². The van der Waals surface area contributed by atoms with Crippen molar-refractivity contribution in [3.05, 3.63) is 49.8 Å². The van der Waals surface area contributed by atoms with Crippen LogP contribution in [0.4, 0.5) is 5.69 Å². The van der Waals surface area contributed by atoms with Crippen molar-refractivity contribution in [1.29, 1.82) is 0 Å². The van der Waals surface area contributed by atoms with E-state index in [0.29, 0.717) is 12.2 Å². The van der Waals surface area contributed by atoms with Crippen LogP contribution >= 0.6 is 38.9 Å². The molecule has 4 heterocycles. The van der Waals surface area contributed by atoms with Crippen LogP contribution in [0.3, 0.4) is 0 Å². The number of nitrogens with zero attached hydrogens (tertiary/aromatic N) is 4. The first kappa shape index (κ1) is 15.0. The molecule has 3 aromatic heterocycles. The third-order valence-electron chi connectivity index (χ3n) is 3.90. The number of carbonyl (C=O) groups is 1. The molecule has 0 spiro atoms. The first-order valence-corrected chi connectivity index (χ1v) is 9.00. The monoisotopic (exact) mass is 410 g/mol. The minimum atomic E-state index is -0.111. The van der Waals surface area contributed by atoms with E-state index in [9.17, 15) is 4.79 Å². The van der Waals surface area contributed by atoms with Crippen LogP contribution in [0.1, 0.15) is 15.4 Å². The number of thiophene rings is 1. The molecule has 0 unspecified atom stereocenters. The molecular weight excluding hydrogens is 400 g/mol. The van der Waals surface area contributed by atoms with E-state index in [0.717, 1.165) is 26.4 Å². The third-order valence-corrected chi connectivity index (χ3v) is 5.68. The van der Waals surface area contributed by atoms with E-state index in [4.69, 9.17) is 11.6 Å². The van der Waals surface area contributed by atoms with Crippen LogP contribution in [-0.4, -0.2) is 34.1 Å². The predicted octanol–water partition coefficient (Wildman–Crippen LogP) is 3.86. The molecule has 3 aromatic rings. The lowest BCUT2D eigenvalue weighted by Gasteiger charge is -2.36. The number of aromatic nitrogens is 2. The van der Waals surface area contributed by atoms with Gasteiger partial charge in [0.2, 0.25) is 0 Å². The number of hydrogen-bond acceptors (Lipinski definition) is 4. The van der Waals surface area contributed by atoms with E-state index in [1.165, 1.54) is 4.88 Å². The van der Waals surface area contributed by atoms with Gasteiger partial charge in [-0.3, -0.25) is 9.80 Å². The molecule has 0 atom stereocenters. The minimum Gasteiger partial charge on any atom is -0.285 e. The van der Waals surface area contributed by atoms with Crippen molar-refractivity contribution in [3.63, 3.8) is 0 Å². The van der Waals surface area contributed by atoms with Crippen molar-refractivity contribution in [2.24, 2.45) is 0 Å². The van der Waals surface area contributed by atoms with E-state index in [2.05, 4.69) is 21.0 Å². The number of amides is 1. The summed E-state index contributed by atoms with van der Waals surface area (Å²) in [6.45, 7) is 0.622. The van der Waals surface area contributed by atoms with E-state index in [1.807, 2.05) is 36.5 Å². The molecule has 0 aromatic carbocycles. The molecular formula is C15H12BrClN4OS. The topological polar surface area (TPSA) is 40.9 Å². The molecule has 8 heteroatoms. The number of halogens is 2. The summed E-state index contributed by atoms with van der Waals surface area (Å²) in [4.78, 5) is 14.1. The summed E-state index contributed by atoms with van der Waals surface area (Å²) in [6.07, 6.45) is 2.64. The zero-order valence-electron chi connectivity index (χ0n) is 12.2. The molecule has 1 amide bonds. The summed E-state index contributed by atoms with van der Waals surface area (Å²) < 4.78 is 3.36. The quantitative estimate of drug-likeness (QED) is 0.610. The molecule has 1 aliphatic rings. The van der Waals surface area contributed by atoms with Gasteiger partial charge in [-0.25, -0.2) is 9.52 Å². The van der Waals surface area contributed by atoms with E-state index < -0.39 is 0 Å². The van der Waals surface area contributed by atoms with Gasteiger partial charge < -0.3 is 0 Å². The Morgan fingerprint density at radius 2 is 2.22 bits per heavy atom. The number of anilines is 1. The third kappa shape index (κ3) is 2.52. The van der Waals surface area contributed by atoms with Crippen molar-refractivity contribution in [3.8, 4) is 0 Å². The van der Waals surface area contributed by atoms with Gasteiger partial charge in [-0.2, -0.15) is 5.10 Å². The average Bonchev–Trinajstić information content (AvgIpc) is 3.09. The number of pyridine rings is 1. The van der Waals surface area contributed by atoms with Gasteiger partial charge in [0.1, 0.15) is 0 Å². The fourth-order valence-electron chi connectivity index (χ4n) is 2.76. The Labute approximate surface area is 150 Å². The van der Waals surface area contributed by atoms with Crippen molar-refractivity contribution in [2.45, 2.75) is 6.42 Å². The number of fused-ring (bicyclic) bond motifs is 2. The first-order valence-electron chi connectivity index (χ1n) is 7.01. The Morgan fingerprint density at radius 1 is 1.39 bits per heavy atom. The van der Waals surface area contributed by atoms with E-state index in [-0.39, 0.29) is 5.91 Å². The Kier molecular flexibility index (Phi) is 3.59. The maximum Gasteiger partial charge on any atom is 0.292 e. The summed E-state index contributed by atoms with van der Waals surface area (Å²) >= 11 is 11.1. The molecule has 0 saturated heterocycles. The Morgan fingerprint density at radius 3 is 3.04 bits per heavy atom. The number of hydrogen-bond donors (Lipinski definition) is 0. The lowest BCUT2D eigenvalue weighted by molar-refractivity contribution is 0.0733. The highest BCUT2D eigenvalue weighted by atomic mass is 79.9. The Bertz CT molecular complexity index is 921. The second kappa shape index (κ2) is 5.51. The zero-order chi connectivity index (χ0) is 16.1. The second-order valence-corrected chi connectivity index (χ2v) is 7.99. The number of rotatable bonds is 1. The van der Waals surface area contributed by atoms with Crippen LogP contribution in [0, 0.1) is 0 Å². The highest BCUT2D eigenvalue weighted by Gasteiger charge is 2.29. The van der Waals surface area contributed by atoms with E-state index in [1.54, 1.807) is 26.9 Å². The summed E-state index contributed by atoms with van der Waals surface area (Å²) in [5.74, 6) is -0.111. The fraction of sp³-hybridized carbons (Fsp3) is 0.200. The van der Waals surface area contributed by atoms with Crippen LogP contribution in [0.15, 0.2) is 34.9 Å². The maximum absolute atomic E-state index is 12.8. The van der Waals surface area contributed by atoms with E-state index >= 15 is 0 Å². The van der Waals surface area contributed by atoms with Gasteiger partial charge in [0, 0.05) is 35.6 Å². The number of carbonyl (C=O) groups excluding carboxylic acids is 1. The zero-order valence-corrected chi connectivity index (χ0v) is 15.3. The molecule has 1 aliphatic heterocycles. The van der Waals surface area contributed by atoms with Crippen LogP contribution in [0.5, 0.6) is 0 Å². The summed E-state index contributed by atoms with van der Waals surface area (Å²) in [6, 6.07) is 7.56. The van der Waals surface area contributed by atoms with Crippen LogP contribution < -0.4 is 5.01 Å². The van der Waals surface area contributed by atoms with Gasteiger partial charge >= 0.3 is 0 Å². The van der Waals surface area contributed by atoms with Gasteiger partial charge in [-0.1, -0.05) is 11.6 Å². The Balaban J connectivity index is 1.68. The standard InChI is InChI=1S/C15H12BrClN4OS/c1-19-12-7-14(17)23-13(12)4-5-21(19)15(22)11-6-10-3-2-9(16)8-20(10)18-11/h2-3,6-8H,4-5H2,1H3. The van der Waals surface area contributed by atoms with Gasteiger partial charge in [0.25, 0.3) is 5.91 Å². The van der Waals surface area contributed by atoms with Crippen molar-refractivity contribution < 1.29 is 4.79 Å². The highest BCUT2D eigenvalue weighted by Crippen LogP contribution is 2.37. The minimum absolute atomic E-state index is 0.111. The van der Waals surface area contributed by atoms with Gasteiger partial charge in [-0.15, -0.1) is 11.3 Å². The fourth-order valence-corrected chi connectivity index (χ4v) is 4.37. The normalized spacial score (nSPS) is 14.4. The molecule has 0 N–H and O–H groups in total. The molecule has 118 valence electrons. The molecule has 23 heavy (non-hydrogen) atoms. The molecule has 0 radical (unpaired) electrons. The lowest BCUT2D eigenvalue weighted by atomic mass is 10.2. The Hall–Kier alpha value is -1.57. The summed E-state index contributed by atoms with van der Waals surface area (Å²) in [5, 5.41) is 7.96. The second-order valence-electron chi connectivity index (χ2n) is 5.31. The van der Waals surface area contributed by atoms with Crippen LogP contribution in [0.2, 0.25) is 4.34 Å². The van der Waals surface area contributed by atoms with Crippen molar-refractivity contribution >= 4 is 56.0 Å². The molecule has 0 bridgehead atoms. The van der Waals surface area contributed by atoms with Gasteiger partial charge in [0.15, 0.2) is 5.69 Å². The summed E-state index contributed by atoms with van der Waals surface area (Å²) in [7, 11) is 1.88. The van der Waals surface area contributed by atoms with Crippen molar-refractivity contribution in [1.82, 2.24) is 14.6 Å². The largest absolute Gasteiger partial charge is 0.292 e. The maximum atomic E-state index is 12.8. The SMILES string of the molecule is CN1c2cc(Cl)sc2CCN1C(=O)c1cc2ccc(Br)cn2n1. The van der Waals surface area contributed by atoms with Gasteiger partial charge in [-0.05, 0) is 40.2 Å². The first-order chi connectivity index (χ1) is 11.0. The highest BCUT2D eigenvalue weighted by molar-refractivity contribution is 9.10. The smallest absolute Gasteiger partial charge is 0.285 e. The molecule has 0 aliphatic carbocycles. The predicted molar refractivity (Wildman–Crippen MR) is 95.4 cm³/mol. The molecule has 4 rings (SSSR count). The number of hydrazine groups is 1. The van der Waals surface area contributed by atoms with Crippen molar-refractivity contribution in [2.75, 3.05) is 18.6 Å². The summed E-state index contributed by atoms with van der Waals surface area (Å²) in [5.41, 5.74) is 2.31. The lowest BCUT2D eigenvalue weighted by Crippen LogP contribution is -2.48. The average molecular weight is 412 g/mol. The molecule has 0 fully saturated rings. The van der Waals surface area contributed by atoms with Gasteiger partial charge in [0.05, 0.1) is 15.5 Å². The van der Waals surface area contributed by atoms with Crippen LogP contribution in [-0.2, 0) is 6.42 Å². The molecule has 0 saturated carbocycles.